The van der Waals surface area contributed by atoms with E-state index in [4.69, 9.17) is 37.0 Å². The highest BCUT2D eigenvalue weighted by atomic mass is 31.2. The van der Waals surface area contributed by atoms with Crippen molar-refractivity contribution in [2.24, 2.45) is 5.92 Å². The minimum Gasteiger partial charge on any atom is -0.462 e. The summed E-state index contributed by atoms with van der Waals surface area (Å²) < 4.78 is 68.9. The standard InChI is InChI=1S/C85H166O17P2/c1-6-10-13-16-19-22-25-28-31-34-37-40-43-46-49-56-61-66-70-84(89)101-80(74-95-82(87)68-63-58-53-47-44-41-38-35-32-29-26-23-20-17-14-11-7-2)76-99-103(91,92)97-72-79(86)73-98-104(93,94)100-77-81(75-96-83(88)69-64-59-54-51-50-52-57-62-67-78(5)9-4)102-85(90)71-65-60-55-48-45-42-39-36-33-30-27-24-21-18-15-12-8-3/h78-81,86H,6-77H2,1-5H3,(H,91,92)(H,93,94)/t78?,79-,80-,81-/m1/s1. The summed E-state index contributed by atoms with van der Waals surface area (Å²) in [6.07, 6.45) is 70.7. The van der Waals surface area contributed by atoms with E-state index in [0.717, 1.165) is 95.8 Å². The molecule has 618 valence electrons. The summed E-state index contributed by atoms with van der Waals surface area (Å²) in [5.41, 5.74) is 0. The Morgan fingerprint density at radius 1 is 0.269 bits per heavy atom. The lowest BCUT2D eigenvalue weighted by Crippen LogP contribution is -2.30. The molecular weight excluding hydrogens is 1350 g/mol. The number of phosphoric ester groups is 2. The van der Waals surface area contributed by atoms with Crippen LogP contribution in [0.5, 0.6) is 0 Å². The average molecular weight is 1520 g/mol. The lowest BCUT2D eigenvalue weighted by Gasteiger charge is -2.21. The van der Waals surface area contributed by atoms with E-state index in [-0.39, 0.29) is 25.7 Å². The van der Waals surface area contributed by atoms with Gasteiger partial charge in [0.2, 0.25) is 0 Å². The molecule has 0 saturated heterocycles. The maximum absolute atomic E-state index is 13.1. The first-order chi connectivity index (χ1) is 50.6. The van der Waals surface area contributed by atoms with Gasteiger partial charge in [-0.25, -0.2) is 9.13 Å². The van der Waals surface area contributed by atoms with Gasteiger partial charge in [-0.15, -0.1) is 0 Å². The summed E-state index contributed by atoms with van der Waals surface area (Å²) in [6, 6.07) is 0. The van der Waals surface area contributed by atoms with Crippen LogP contribution in [0.1, 0.15) is 458 Å². The van der Waals surface area contributed by atoms with Crippen LogP contribution in [0, 0.1) is 5.92 Å². The molecule has 0 saturated carbocycles. The van der Waals surface area contributed by atoms with Gasteiger partial charge in [0.25, 0.3) is 0 Å². The van der Waals surface area contributed by atoms with Crippen molar-refractivity contribution in [2.45, 2.75) is 477 Å². The summed E-state index contributed by atoms with van der Waals surface area (Å²) in [6.45, 7) is 7.37. The van der Waals surface area contributed by atoms with Crippen molar-refractivity contribution >= 4 is 39.5 Å². The largest absolute Gasteiger partial charge is 0.472 e. The van der Waals surface area contributed by atoms with Crippen LogP contribution >= 0.6 is 15.6 Å². The Kier molecular flexibility index (Phi) is 76.3. The number of aliphatic hydroxyl groups is 1. The maximum Gasteiger partial charge on any atom is 0.472 e. The SMILES string of the molecule is CCCCCCCCCCCCCCCCCCCCC(=O)O[C@H](COC(=O)CCCCCCCCCCCCCCCCCCC)COP(=O)(O)OC[C@@H](O)COP(=O)(O)OC[C@@H](COC(=O)CCCCCCCCCCC(C)CC)OC(=O)CCCCCCCCCCCCCCCCCCC. The molecule has 0 aliphatic carbocycles. The molecule has 3 N–H and O–H groups in total. The Bertz CT molecular complexity index is 1980. The number of aliphatic hydroxyl groups excluding tert-OH is 1. The summed E-state index contributed by atoms with van der Waals surface area (Å²) in [4.78, 5) is 73.2. The minimum absolute atomic E-state index is 0.109. The molecule has 0 aromatic heterocycles. The Morgan fingerprint density at radius 2 is 0.462 bits per heavy atom. The van der Waals surface area contributed by atoms with Gasteiger partial charge in [0, 0.05) is 25.7 Å². The van der Waals surface area contributed by atoms with Crippen molar-refractivity contribution < 1.29 is 80.2 Å². The number of hydrogen-bond acceptors (Lipinski definition) is 15. The van der Waals surface area contributed by atoms with E-state index < -0.39 is 97.5 Å². The van der Waals surface area contributed by atoms with E-state index in [1.807, 2.05) is 0 Å². The van der Waals surface area contributed by atoms with E-state index in [0.29, 0.717) is 25.7 Å². The first-order valence-electron chi connectivity index (χ1n) is 44.2. The van der Waals surface area contributed by atoms with Crippen molar-refractivity contribution in [3.63, 3.8) is 0 Å². The van der Waals surface area contributed by atoms with Crippen LogP contribution in [-0.2, 0) is 65.4 Å². The first-order valence-corrected chi connectivity index (χ1v) is 47.2. The fourth-order valence-electron chi connectivity index (χ4n) is 13.3. The molecule has 0 rings (SSSR count). The highest BCUT2D eigenvalue weighted by Gasteiger charge is 2.30. The summed E-state index contributed by atoms with van der Waals surface area (Å²) in [5.74, 6) is -1.32. The average Bonchev–Trinajstić information content (AvgIpc) is 0.913. The van der Waals surface area contributed by atoms with Gasteiger partial charge in [-0.2, -0.15) is 0 Å². The highest BCUT2D eigenvalue weighted by molar-refractivity contribution is 7.47. The van der Waals surface area contributed by atoms with Crippen LogP contribution in [0.25, 0.3) is 0 Å². The highest BCUT2D eigenvalue weighted by Crippen LogP contribution is 2.45. The second kappa shape index (κ2) is 77.8. The van der Waals surface area contributed by atoms with Crippen LogP contribution < -0.4 is 0 Å². The normalized spacial score (nSPS) is 14.0. The van der Waals surface area contributed by atoms with E-state index in [1.165, 1.54) is 283 Å². The van der Waals surface area contributed by atoms with Gasteiger partial charge in [-0.05, 0) is 31.6 Å². The monoisotopic (exact) mass is 1520 g/mol. The zero-order chi connectivity index (χ0) is 76.2. The molecule has 0 aliphatic rings. The summed E-state index contributed by atoms with van der Waals surface area (Å²) >= 11 is 0. The fourth-order valence-corrected chi connectivity index (χ4v) is 14.8. The molecular formula is C85H166O17P2. The molecule has 0 radical (unpaired) electrons. The van der Waals surface area contributed by atoms with Gasteiger partial charge in [0.1, 0.15) is 19.3 Å². The Balaban J connectivity index is 5.26. The first kappa shape index (κ1) is 102. The van der Waals surface area contributed by atoms with Crippen LogP contribution in [-0.4, -0.2) is 96.7 Å². The molecule has 0 aromatic rings. The van der Waals surface area contributed by atoms with Gasteiger partial charge in [0.05, 0.1) is 26.4 Å². The molecule has 3 unspecified atom stereocenters. The second-order valence-electron chi connectivity index (χ2n) is 30.8. The molecule has 0 fully saturated rings. The Morgan fingerprint density at radius 3 is 0.683 bits per heavy atom. The van der Waals surface area contributed by atoms with Crippen molar-refractivity contribution in [1.82, 2.24) is 0 Å². The smallest absolute Gasteiger partial charge is 0.462 e. The van der Waals surface area contributed by atoms with Gasteiger partial charge in [-0.1, -0.05) is 407 Å². The predicted molar refractivity (Wildman–Crippen MR) is 428 cm³/mol. The Labute approximate surface area is 638 Å². The van der Waals surface area contributed by atoms with Gasteiger partial charge < -0.3 is 33.8 Å². The molecule has 104 heavy (non-hydrogen) atoms. The predicted octanol–water partition coefficient (Wildman–Crippen LogP) is 26.0. The maximum atomic E-state index is 13.1. The van der Waals surface area contributed by atoms with Gasteiger partial charge in [0.15, 0.2) is 12.2 Å². The van der Waals surface area contributed by atoms with Crippen LogP contribution in [0.4, 0.5) is 0 Å². The molecule has 19 heteroatoms. The number of carbonyl (C=O) groups is 4. The molecule has 0 heterocycles. The van der Waals surface area contributed by atoms with E-state index in [9.17, 15) is 43.2 Å². The molecule has 0 aromatic carbocycles. The number of carbonyl (C=O) groups excluding carboxylic acids is 4. The van der Waals surface area contributed by atoms with Crippen molar-refractivity contribution in [2.75, 3.05) is 39.6 Å². The summed E-state index contributed by atoms with van der Waals surface area (Å²) in [5, 5.41) is 10.7. The zero-order valence-corrected chi connectivity index (χ0v) is 70.0. The summed E-state index contributed by atoms with van der Waals surface area (Å²) in [7, 11) is -9.93. The second-order valence-corrected chi connectivity index (χ2v) is 33.7. The van der Waals surface area contributed by atoms with Gasteiger partial charge >= 0.3 is 39.5 Å². The zero-order valence-electron chi connectivity index (χ0n) is 68.2. The topological polar surface area (TPSA) is 237 Å². The van der Waals surface area contributed by atoms with E-state index >= 15 is 0 Å². The third-order valence-corrected chi connectivity index (χ3v) is 22.3. The molecule has 0 spiro atoms. The lowest BCUT2D eigenvalue weighted by molar-refractivity contribution is -0.161. The minimum atomic E-state index is -4.96. The fraction of sp³-hybridized carbons (Fsp3) is 0.953. The van der Waals surface area contributed by atoms with Crippen LogP contribution in [0.3, 0.4) is 0 Å². The number of ether oxygens (including phenoxy) is 4. The van der Waals surface area contributed by atoms with E-state index in [1.54, 1.807) is 0 Å². The number of unbranched alkanes of at least 4 members (excludes halogenated alkanes) is 56. The molecule has 17 nitrogen and oxygen atoms in total. The van der Waals surface area contributed by atoms with Crippen molar-refractivity contribution in [1.29, 1.82) is 0 Å². The third-order valence-electron chi connectivity index (χ3n) is 20.4. The molecule has 0 aliphatic heterocycles. The number of esters is 4. The quantitative estimate of drug-likeness (QED) is 0.0222. The Hall–Kier alpha value is -1.94. The lowest BCUT2D eigenvalue weighted by atomic mass is 9.99. The number of phosphoric acid groups is 2. The molecule has 0 bridgehead atoms. The van der Waals surface area contributed by atoms with E-state index in [2.05, 4.69) is 34.6 Å². The van der Waals surface area contributed by atoms with Gasteiger partial charge in [-0.3, -0.25) is 37.3 Å². The molecule has 0 amide bonds. The third kappa shape index (κ3) is 76.8. The molecule has 6 atom stereocenters. The van der Waals surface area contributed by atoms with Crippen LogP contribution in [0.15, 0.2) is 0 Å². The number of hydrogen-bond donors (Lipinski definition) is 3. The van der Waals surface area contributed by atoms with Crippen molar-refractivity contribution in [3.05, 3.63) is 0 Å². The number of rotatable bonds is 85. The van der Waals surface area contributed by atoms with Crippen LogP contribution in [0.2, 0.25) is 0 Å². The van der Waals surface area contributed by atoms with Crippen molar-refractivity contribution in [3.8, 4) is 0 Å².